The molecule has 2 atom stereocenters. The van der Waals surface area contributed by atoms with Crippen molar-refractivity contribution in [3.05, 3.63) is 92.0 Å². The monoisotopic (exact) mass is 679 g/mol. The van der Waals surface area contributed by atoms with Gasteiger partial charge in [-0.1, -0.05) is 36.4 Å². The number of rotatable bonds is 6. The number of aromatic amines is 2. The summed E-state index contributed by atoms with van der Waals surface area (Å²) in [4.78, 5) is 27.4. The minimum absolute atomic E-state index is 0. The van der Waals surface area contributed by atoms with E-state index in [0.717, 1.165) is 32.9 Å². The molecule has 0 amide bonds. The first-order chi connectivity index (χ1) is 17.4. The molecule has 0 aliphatic rings. The summed E-state index contributed by atoms with van der Waals surface area (Å²) in [6, 6.07) is 13.8. The van der Waals surface area contributed by atoms with Crippen molar-refractivity contribution in [3.63, 3.8) is 0 Å². The van der Waals surface area contributed by atoms with Crippen LogP contribution in [0.4, 0.5) is 0 Å². The molecule has 2 aromatic heterocycles. The number of carboxylic acid groups (broad SMARTS) is 2. The standard InChI is InChI=1S/2C11H12N2O2.3CO.Re/c2*12-9(11(14)15)5-7-6-13-10-4-2-1-3-8(7)10;3*1-2;/h2*1-4,6,9,13H,5,12H2,(H,14,15);;;;/t2*9-;;;;/m00..../s1. The van der Waals surface area contributed by atoms with Gasteiger partial charge in [0.15, 0.2) is 0 Å². The van der Waals surface area contributed by atoms with Crippen molar-refractivity contribution < 1.29 is 54.2 Å². The van der Waals surface area contributed by atoms with Crippen LogP contribution in [0.2, 0.25) is 0 Å². The van der Waals surface area contributed by atoms with Crippen LogP contribution in [0.1, 0.15) is 11.1 Å². The van der Waals surface area contributed by atoms with Gasteiger partial charge in [0, 0.05) is 67.5 Å². The molecular formula is C25H24N4O7Re. The number of benzene rings is 2. The second kappa shape index (κ2) is 19.5. The first-order valence-electron chi connectivity index (χ1n) is 10.0. The summed E-state index contributed by atoms with van der Waals surface area (Å²) in [5.41, 5.74) is 14.9. The Morgan fingerprint density at radius 2 is 1.00 bits per heavy atom. The van der Waals surface area contributed by atoms with Gasteiger partial charge in [-0.15, -0.1) is 0 Å². The summed E-state index contributed by atoms with van der Waals surface area (Å²) < 4.78 is 22.5. The number of fused-ring (bicyclic) bond motifs is 2. The van der Waals surface area contributed by atoms with Gasteiger partial charge in [0.2, 0.25) is 0 Å². The Morgan fingerprint density at radius 3 is 1.30 bits per heavy atom. The average molecular weight is 679 g/mol. The van der Waals surface area contributed by atoms with Crippen molar-refractivity contribution >= 4 is 33.7 Å². The SMILES string of the molecule is N[C@@H](Cc1c[nH]c2ccccc12)C(=O)O.N[C@@H](Cc1c[nH]c2ccccc12)C(=O)O.[C-]#[O+].[C-]#[O+].[C-]#[O+].[Re]. The van der Waals surface area contributed by atoms with E-state index in [4.69, 9.17) is 35.6 Å². The van der Waals surface area contributed by atoms with Gasteiger partial charge in [0.25, 0.3) is 0 Å². The zero-order chi connectivity index (χ0) is 27.7. The number of aromatic nitrogens is 2. The number of carboxylic acids is 2. The quantitative estimate of drug-likeness (QED) is 0.132. The first-order valence-corrected chi connectivity index (χ1v) is 10.0. The van der Waals surface area contributed by atoms with Crippen LogP contribution in [0.15, 0.2) is 60.9 Å². The topological polar surface area (TPSA) is 218 Å². The molecule has 0 aliphatic heterocycles. The predicted molar refractivity (Wildman–Crippen MR) is 127 cm³/mol. The summed E-state index contributed by atoms with van der Waals surface area (Å²) in [5.74, 6) is -1.94. The number of carbonyl (C=O) groups is 2. The van der Waals surface area contributed by atoms with Crippen molar-refractivity contribution in [2.75, 3.05) is 0 Å². The minimum atomic E-state index is -0.972. The van der Waals surface area contributed by atoms with Gasteiger partial charge in [-0.05, 0) is 23.3 Å². The molecule has 0 bridgehead atoms. The van der Waals surface area contributed by atoms with E-state index >= 15 is 0 Å². The van der Waals surface area contributed by atoms with Crippen molar-refractivity contribution in [2.45, 2.75) is 24.9 Å². The molecule has 1 radical (unpaired) electrons. The molecule has 193 valence electrons. The van der Waals surface area contributed by atoms with Crippen molar-refractivity contribution in [2.24, 2.45) is 11.5 Å². The fourth-order valence-electron chi connectivity index (χ4n) is 3.25. The van der Waals surface area contributed by atoms with E-state index in [1.54, 1.807) is 0 Å². The van der Waals surface area contributed by atoms with Crippen LogP contribution in [0.3, 0.4) is 0 Å². The van der Waals surface area contributed by atoms with Gasteiger partial charge in [-0.25, -0.2) is 0 Å². The fourth-order valence-corrected chi connectivity index (χ4v) is 3.25. The van der Waals surface area contributed by atoms with Crippen LogP contribution < -0.4 is 11.5 Å². The first kappa shape index (κ1) is 35.4. The maximum absolute atomic E-state index is 10.6. The van der Waals surface area contributed by atoms with Crippen molar-refractivity contribution in [1.29, 1.82) is 0 Å². The number of hydrogen-bond donors (Lipinski definition) is 6. The molecule has 4 aromatic rings. The molecule has 37 heavy (non-hydrogen) atoms. The van der Waals surface area contributed by atoms with Gasteiger partial charge in [0.1, 0.15) is 12.1 Å². The summed E-state index contributed by atoms with van der Waals surface area (Å²) in [5, 5.41) is 19.5. The molecule has 2 heterocycles. The Kier molecular flexibility index (Phi) is 18.6. The van der Waals surface area contributed by atoms with E-state index in [9.17, 15) is 9.59 Å². The Balaban J connectivity index is 0. The Morgan fingerprint density at radius 1 is 0.703 bits per heavy atom. The molecule has 11 nitrogen and oxygen atoms in total. The Labute approximate surface area is 226 Å². The number of H-pyrrole nitrogens is 2. The molecule has 0 fully saturated rings. The molecular weight excluding hydrogens is 655 g/mol. The van der Waals surface area contributed by atoms with Crippen molar-refractivity contribution in [1.82, 2.24) is 9.97 Å². The fraction of sp³-hybridized carbons (Fsp3) is 0.160. The maximum Gasteiger partial charge on any atom is 0 e. The van der Waals surface area contributed by atoms with E-state index in [1.807, 2.05) is 60.9 Å². The van der Waals surface area contributed by atoms with Gasteiger partial charge in [-0.3, -0.25) is 9.59 Å². The zero-order valence-electron chi connectivity index (χ0n) is 19.3. The molecule has 0 saturated carbocycles. The molecule has 8 N–H and O–H groups in total. The smallest absolute Gasteiger partial charge is 0 e. The average Bonchev–Trinajstić information content (AvgIpc) is 3.52. The minimum Gasteiger partial charge on any atom is 0 e. The van der Waals surface area contributed by atoms with E-state index in [0.29, 0.717) is 12.8 Å². The number of aliphatic carboxylic acids is 2. The maximum atomic E-state index is 10.6. The van der Waals surface area contributed by atoms with E-state index in [-0.39, 0.29) is 20.4 Å². The molecule has 12 heteroatoms. The van der Waals surface area contributed by atoms with Gasteiger partial charge < -0.3 is 31.6 Å². The number of para-hydroxylation sites is 2. The Bertz CT molecular complexity index is 1200. The van der Waals surface area contributed by atoms with Crippen LogP contribution in [0, 0.1) is 20.0 Å². The van der Waals surface area contributed by atoms with Crippen LogP contribution in [-0.2, 0) is 56.8 Å². The zero-order valence-corrected chi connectivity index (χ0v) is 22.0. The molecule has 0 unspecified atom stereocenters. The summed E-state index contributed by atoms with van der Waals surface area (Å²) in [6.07, 6.45) is 4.32. The van der Waals surface area contributed by atoms with E-state index in [2.05, 4.69) is 29.9 Å². The molecule has 0 spiro atoms. The summed E-state index contributed by atoms with van der Waals surface area (Å²) in [7, 11) is 0. The van der Waals surface area contributed by atoms with Crippen LogP contribution in [-0.4, -0.2) is 44.2 Å². The van der Waals surface area contributed by atoms with Crippen LogP contribution >= 0.6 is 0 Å². The Hall–Kier alpha value is -3.74. The van der Waals surface area contributed by atoms with Crippen LogP contribution in [0.25, 0.3) is 21.8 Å². The molecule has 0 aliphatic carbocycles. The van der Waals surface area contributed by atoms with Gasteiger partial charge >= 0.3 is 45.8 Å². The number of hydrogen-bond acceptors (Lipinski definition) is 4. The third-order valence-corrected chi connectivity index (χ3v) is 4.86. The van der Waals surface area contributed by atoms with Gasteiger partial charge in [-0.2, -0.15) is 0 Å². The van der Waals surface area contributed by atoms with E-state index in [1.165, 1.54) is 0 Å². The molecule has 4 rings (SSSR count). The predicted octanol–water partition coefficient (Wildman–Crippen LogP) is 2.13. The van der Waals surface area contributed by atoms with Crippen molar-refractivity contribution in [3.8, 4) is 0 Å². The number of nitrogens with one attached hydrogen (secondary N) is 2. The van der Waals surface area contributed by atoms with Crippen LogP contribution in [0.5, 0.6) is 0 Å². The largest absolute Gasteiger partial charge is 0 e. The molecule has 0 saturated heterocycles. The van der Waals surface area contributed by atoms with Gasteiger partial charge in [0.05, 0.1) is 0 Å². The second-order valence-electron chi connectivity index (χ2n) is 7.02. The normalized spacial score (nSPS) is 10.6. The summed E-state index contributed by atoms with van der Waals surface area (Å²) in [6.45, 7) is 13.5. The second-order valence-corrected chi connectivity index (χ2v) is 7.02. The van der Waals surface area contributed by atoms with E-state index < -0.39 is 24.0 Å². The molecule has 2 aromatic carbocycles. The third-order valence-electron chi connectivity index (χ3n) is 4.86. The third kappa shape index (κ3) is 10.8. The number of nitrogens with two attached hydrogens (primary N) is 2. The summed E-state index contributed by atoms with van der Waals surface area (Å²) >= 11 is 0.